The van der Waals surface area contributed by atoms with Crippen molar-refractivity contribution in [2.24, 2.45) is 0 Å². The van der Waals surface area contributed by atoms with E-state index in [1.54, 1.807) is 0 Å². The molecule has 3 nitrogen and oxygen atoms in total. The molecule has 2 aliphatic rings. The molecule has 2 saturated heterocycles. The van der Waals surface area contributed by atoms with Crippen molar-refractivity contribution in [3.05, 3.63) is 33.8 Å². The highest BCUT2D eigenvalue weighted by Gasteiger charge is 2.34. The molecule has 20 heavy (non-hydrogen) atoms. The van der Waals surface area contributed by atoms with Crippen LogP contribution >= 0.6 is 15.9 Å². The van der Waals surface area contributed by atoms with E-state index < -0.39 is 23.1 Å². The largest absolute Gasteiger partial charge is 0.349 e. The molecule has 2 unspecified atom stereocenters. The summed E-state index contributed by atoms with van der Waals surface area (Å²) in [5.74, 6) is -2.35. The first kappa shape index (κ1) is 13.9. The fraction of sp³-hybridized carbons (Fsp3) is 0.500. The zero-order valence-corrected chi connectivity index (χ0v) is 12.3. The molecule has 2 atom stereocenters. The maximum absolute atomic E-state index is 13.7. The van der Waals surface area contributed by atoms with Gasteiger partial charge in [0.05, 0.1) is 0 Å². The summed E-state index contributed by atoms with van der Waals surface area (Å²) in [7, 11) is 0. The maximum Gasteiger partial charge on any atom is 0.257 e. The van der Waals surface area contributed by atoms with Crippen molar-refractivity contribution in [1.82, 2.24) is 10.6 Å². The molecule has 1 aromatic carbocycles. The number of hydrogen-bond donors (Lipinski definition) is 2. The zero-order chi connectivity index (χ0) is 14.3. The van der Waals surface area contributed by atoms with Gasteiger partial charge in [-0.05, 0) is 37.8 Å². The lowest BCUT2D eigenvalue weighted by molar-refractivity contribution is 0.0915. The van der Waals surface area contributed by atoms with Crippen molar-refractivity contribution in [2.45, 2.75) is 43.8 Å². The fourth-order valence-corrected chi connectivity index (χ4v) is 3.59. The quantitative estimate of drug-likeness (QED) is 0.866. The molecule has 2 bridgehead atoms. The van der Waals surface area contributed by atoms with Crippen LogP contribution in [0.1, 0.15) is 36.0 Å². The number of carbonyl (C=O) groups excluding carboxylic acids is 1. The van der Waals surface area contributed by atoms with Crippen molar-refractivity contribution in [2.75, 3.05) is 0 Å². The lowest BCUT2D eigenvalue weighted by Crippen LogP contribution is -2.48. The van der Waals surface area contributed by atoms with Crippen LogP contribution in [0.3, 0.4) is 0 Å². The standard InChI is InChI=1S/C14H15BrF2N2O/c15-7-3-11(16)13(12(17)4-7)14(20)19-10-5-8-1-2-9(6-10)18-8/h3-4,8-10,18H,1-2,5-6H2,(H,19,20). The molecular weight excluding hydrogens is 330 g/mol. The highest BCUT2D eigenvalue weighted by molar-refractivity contribution is 9.10. The summed E-state index contributed by atoms with van der Waals surface area (Å²) in [6.07, 6.45) is 3.86. The number of rotatable bonds is 2. The Morgan fingerprint density at radius 1 is 1.20 bits per heavy atom. The molecule has 108 valence electrons. The molecule has 1 amide bonds. The molecule has 2 N–H and O–H groups in total. The number of benzene rings is 1. The van der Waals surface area contributed by atoms with Crippen LogP contribution in [-0.2, 0) is 0 Å². The van der Waals surface area contributed by atoms with E-state index in [4.69, 9.17) is 0 Å². The molecule has 2 fully saturated rings. The van der Waals surface area contributed by atoms with Gasteiger partial charge in [-0.2, -0.15) is 0 Å². The molecule has 0 aliphatic carbocycles. The van der Waals surface area contributed by atoms with E-state index in [1.165, 1.54) is 0 Å². The summed E-state index contributed by atoms with van der Waals surface area (Å²) in [4.78, 5) is 12.1. The number of fused-ring (bicyclic) bond motifs is 2. The van der Waals surface area contributed by atoms with Crippen LogP contribution in [0.5, 0.6) is 0 Å². The van der Waals surface area contributed by atoms with Gasteiger partial charge in [0, 0.05) is 22.6 Å². The van der Waals surface area contributed by atoms with Gasteiger partial charge in [-0.15, -0.1) is 0 Å². The van der Waals surface area contributed by atoms with Gasteiger partial charge in [0.1, 0.15) is 17.2 Å². The Kier molecular flexibility index (Phi) is 3.77. The minimum absolute atomic E-state index is 0.0105. The van der Waals surface area contributed by atoms with E-state index in [1.807, 2.05) is 0 Å². The first-order valence-corrected chi connectivity index (χ1v) is 7.53. The zero-order valence-electron chi connectivity index (χ0n) is 10.8. The van der Waals surface area contributed by atoms with Crippen molar-refractivity contribution in [1.29, 1.82) is 0 Å². The molecule has 0 aromatic heterocycles. The van der Waals surface area contributed by atoms with E-state index in [-0.39, 0.29) is 10.5 Å². The topological polar surface area (TPSA) is 41.1 Å². The van der Waals surface area contributed by atoms with E-state index >= 15 is 0 Å². The normalized spacial score (nSPS) is 28.4. The maximum atomic E-state index is 13.7. The monoisotopic (exact) mass is 344 g/mol. The molecule has 0 saturated carbocycles. The highest BCUT2D eigenvalue weighted by Crippen LogP contribution is 2.27. The minimum atomic E-state index is -0.841. The molecule has 2 heterocycles. The van der Waals surface area contributed by atoms with E-state index in [2.05, 4.69) is 26.6 Å². The smallest absolute Gasteiger partial charge is 0.257 e. The van der Waals surface area contributed by atoms with Gasteiger partial charge in [-0.1, -0.05) is 15.9 Å². The molecule has 6 heteroatoms. The summed E-state index contributed by atoms with van der Waals surface area (Å²) >= 11 is 3.00. The predicted octanol–water partition coefficient (Wildman–Crippen LogP) is 2.74. The summed E-state index contributed by atoms with van der Waals surface area (Å²) < 4.78 is 27.8. The lowest BCUT2D eigenvalue weighted by Gasteiger charge is -2.29. The highest BCUT2D eigenvalue weighted by atomic mass is 79.9. The summed E-state index contributed by atoms with van der Waals surface area (Å²) in [5, 5.41) is 6.22. The third kappa shape index (κ3) is 2.72. The Labute approximate surface area is 124 Å². The molecule has 2 aliphatic heterocycles. The van der Waals surface area contributed by atoms with Crippen LogP contribution in [0.2, 0.25) is 0 Å². The van der Waals surface area contributed by atoms with Crippen molar-refractivity contribution in [3.8, 4) is 0 Å². The molecule has 0 radical (unpaired) electrons. The Balaban J connectivity index is 1.73. The average molecular weight is 345 g/mol. The Bertz CT molecular complexity index is 517. The van der Waals surface area contributed by atoms with Crippen molar-refractivity contribution < 1.29 is 13.6 Å². The first-order chi connectivity index (χ1) is 9.52. The molecule has 1 aromatic rings. The minimum Gasteiger partial charge on any atom is -0.349 e. The second kappa shape index (κ2) is 5.41. The predicted molar refractivity (Wildman–Crippen MR) is 74.5 cm³/mol. The number of nitrogens with one attached hydrogen (secondary N) is 2. The molecular formula is C14H15BrF2N2O. The number of hydrogen-bond acceptors (Lipinski definition) is 2. The number of piperidine rings is 1. The second-order valence-corrected chi connectivity index (χ2v) is 6.44. The lowest BCUT2D eigenvalue weighted by atomic mass is 9.99. The number of amides is 1. The van der Waals surface area contributed by atoms with E-state index in [9.17, 15) is 13.6 Å². The van der Waals surface area contributed by atoms with Crippen LogP contribution in [0, 0.1) is 11.6 Å². The summed E-state index contributed by atoms with van der Waals surface area (Å²) in [5.41, 5.74) is -0.501. The van der Waals surface area contributed by atoms with Crippen LogP contribution in [0.4, 0.5) is 8.78 Å². The second-order valence-electron chi connectivity index (χ2n) is 5.52. The van der Waals surface area contributed by atoms with Gasteiger partial charge in [0.15, 0.2) is 0 Å². The van der Waals surface area contributed by atoms with E-state index in [0.717, 1.165) is 37.8 Å². The Morgan fingerprint density at radius 3 is 2.30 bits per heavy atom. The third-order valence-electron chi connectivity index (χ3n) is 4.04. The van der Waals surface area contributed by atoms with Gasteiger partial charge < -0.3 is 10.6 Å². The van der Waals surface area contributed by atoms with Crippen molar-refractivity contribution in [3.63, 3.8) is 0 Å². The fourth-order valence-electron chi connectivity index (χ4n) is 3.19. The molecule has 0 spiro atoms. The van der Waals surface area contributed by atoms with Gasteiger partial charge in [-0.3, -0.25) is 4.79 Å². The van der Waals surface area contributed by atoms with Gasteiger partial charge in [0.2, 0.25) is 0 Å². The SMILES string of the molecule is O=C(NC1CC2CCC(C1)N2)c1c(F)cc(Br)cc1F. The van der Waals surface area contributed by atoms with Gasteiger partial charge in [0.25, 0.3) is 5.91 Å². The van der Waals surface area contributed by atoms with Crippen LogP contribution < -0.4 is 10.6 Å². The Morgan fingerprint density at radius 2 is 1.75 bits per heavy atom. The number of carbonyl (C=O) groups is 1. The van der Waals surface area contributed by atoms with Crippen molar-refractivity contribution >= 4 is 21.8 Å². The average Bonchev–Trinajstić information content (AvgIpc) is 2.67. The summed E-state index contributed by atoms with van der Waals surface area (Å²) in [6.45, 7) is 0. The van der Waals surface area contributed by atoms with Gasteiger partial charge >= 0.3 is 0 Å². The third-order valence-corrected chi connectivity index (χ3v) is 4.50. The Hall–Kier alpha value is -1.01. The van der Waals surface area contributed by atoms with Crippen LogP contribution in [-0.4, -0.2) is 24.0 Å². The van der Waals surface area contributed by atoms with Gasteiger partial charge in [-0.25, -0.2) is 8.78 Å². The number of halogens is 3. The van der Waals surface area contributed by atoms with Crippen LogP contribution in [0.25, 0.3) is 0 Å². The van der Waals surface area contributed by atoms with E-state index in [0.29, 0.717) is 12.1 Å². The first-order valence-electron chi connectivity index (χ1n) is 6.74. The summed E-state index contributed by atoms with van der Waals surface area (Å²) in [6, 6.07) is 3.02. The molecule has 3 rings (SSSR count). The van der Waals surface area contributed by atoms with Crippen LogP contribution in [0.15, 0.2) is 16.6 Å².